The molecule has 0 N–H and O–H groups in total. The first kappa shape index (κ1) is 22.2. The molecule has 32 heavy (non-hydrogen) atoms. The second kappa shape index (κ2) is 8.88. The smallest absolute Gasteiger partial charge is 0.232 e. The molecule has 0 amide bonds. The zero-order valence-corrected chi connectivity index (χ0v) is 19.0. The predicted octanol–water partition coefficient (Wildman–Crippen LogP) is 6.27. The largest absolute Gasteiger partial charge is 0.282 e. The molecule has 0 radical (unpaired) electrons. The lowest BCUT2D eigenvalue weighted by molar-refractivity contribution is 0.146. The molecule has 0 atom stereocenters. The van der Waals surface area contributed by atoms with Gasteiger partial charge in [-0.15, -0.1) is 11.8 Å². The van der Waals surface area contributed by atoms with Crippen molar-refractivity contribution in [3.63, 3.8) is 0 Å². The number of benzene rings is 3. The summed E-state index contributed by atoms with van der Waals surface area (Å²) in [6.07, 6.45) is 0.301. The van der Waals surface area contributed by atoms with Crippen LogP contribution in [0.2, 0.25) is 0 Å². The molecular weight excluding hydrogens is 450 g/mol. The fraction of sp³-hybridized carbons (Fsp3) is 0.125. The molecule has 0 aliphatic heterocycles. The molecule has 0 aliphatic carbocycles. The number of nitrogens with zero attached hydrogens (tertiary/aromatic N) is 2. The SMILES string of the molecule is CSc1ccc(-n2nc(C(F)F)c(-c3ccccc3)c2-c2ccc(S(C)(=O)=O)cc2)cc1. The number of hydrogen-bond acceptors (Lipinski definition) is 4. The molecule has 0 spiro atoms. The van der Waals surface area contributed by atoms with Crippen molar-refractivity contribution in [3.05, 3.63) is 84.6 Å². The molecule has 0 unspecified atom stereocenters. The van der Waals surface area contributed by atoms with Gasteiger partial charge >= 0.3 is 0 Å². The van der Waals surface area contributed by atoms with Gasteiger partial charge in [0, 0.05) is 22.3 Å². The van der Waals surface area contributed by atoms with E-state index in [9.17, 15) is 17.2 Å². The van der Waals surface area contributed by atoms with Crippen molar-refractivity contribution < 1.29 is 17.2 Å². The Kier molecular flexibility index (Phi) is 6.17. The van der Waals surface area contributed by atoms with E-state index in [2.05, 4.69) is 5.10 Å². The van der Waals surface area contributed by atoms with Crippen molar-refractivity contribution in [2.45, 2.75) is 16.2 Å². The van der Waals surface area contributed by atoms with Crippen LogP contribution in [0.3, 0.4) is 0 Å². The summed E-state index contributed by atoms with van der Waals surface area (Å²) in [6, 6.07) is 22.6. The zero-order chi connectivity index (χ0) is 22.9. The molecule has 4 aromatic rings. The van der Waals surface area contributed by atoms with E-state index >= 15 is 0 Å². The van der Waals surface area contributed by atoms with Gasteiger partial charge in [0.2, 0.25) is 0 Å². The highest BCUT2D eigenvalue weighted by molar-refractivity contribution is 7.98. The highest BCUT2D eigenvalue weighted by Gasteiger charge is 2.27. The van der Waals surface area contributed by atoms with E-state index in [1.165, 1.54) is 16.8 Å². The Morgan fingerprint density at radius 1 is 0.875 bits per heavy atom. The van der Waals surface area contributed by atoms with Crippen molar-refractivity contribution in [3.8, 4) is 28.1 Å². The van der Waals surface area contributed by atoms with E-state index in [-0.39, 0.29) is 10.6 Å². The lowest BCUT2D eigenvalue weighted by Crippen LogP contribution is -2.01. The number of halogens is 2. The van der Waals surface area contributed by atoms with Gasteiger partial charge in [-0.2, -0.15) is 5.10 Å². The van der Waals surface area contributed by atoms with E-state index < -0.39 is 16.3 Å². The summed E-state index contributed by atoms with van der Waals surface area (Å²) in [5.74, 6) is 0. The molecule has 3 aromatic carbocycles. The molecule has 0 bridgehead atoms. The van der Waals surface area contributed by atoms with Crippen molar-refractivity contribution >= 4 is 21.6 Å². The van der Waals surface area contributed by atoms with Crippen LogP contribution in [0, 0.1) is 0 Å². The molecule has 0 saturated heterocycles. The average molecular weight is 471 g/mol. The first-order valence-electron chi connectivity index (χ1n) is 9.71. The summed E-state index contributed by atoms with van der Waals surface area (Å²) in [4.78, 5) is 1.20. The number of sulfone groups is 1. The number of rotatable bonds is 6. The van der Waals surface area contributed by atoms with Crippen LogP contribution in [0.1, 0.15) is 12.1 Å². The topological polar surface area (TPSA) is 52.0 Å². The van der Waals surface area contributed by atoms with Gasteiger partial charge in [-0.3, -0.25) is 0 Å². The Morgan fingerprint density at radius 3 is 2.03 bits per heavy atom. The molecule has 1 heterocycles. The van der Waals surface area contributed by atoms with Crippen LogP contribution in [-0.4, -0.2) is 30.7 Å². The third kappa shape index (κ3) is 4.33. The van der Waals surface area contributed by atoms with Gasteiger partial charge in [0.1, 0.15) is 5.69 Å². The van der Waals surface area contributed by atoms with Crippen LogP contribution < -0.4 is 0 Å². The summed E-state index contributed by atoms with van der Waals surface area (Å²) < 4.78 is 53.5. The molecule has 1 aromatic heterocycles. The molecular formula is C24H20F2N2O2S2. The Bertz CT molecular complexity index is 1330. The lowest BCUT2D eigenvalue weighted by Gasteiger charge is -2.12. The zero-order valence-electron chi connectivity index (χ0n) is 17.4. The van der Waals surface area contributed by atoms with Gasteiger partial charge in [-0.05, 0) is 48.2 Å². The van der Waals surface area contributed by atoms with Gasteiger partial charge in [-0.1, -0.05) is 42.5 Å². The van der Waals surface area contributed by atoms with Crippen molar-refractivity contribution in [2.24, 2.45) is 0 Å². The van der Waals surface area contributed by atoms with Crippen LogP contribution in [0.25, 0.3) is 28.1 Å². The van der Waals surface area contributed by atoms with Crippen LogP contribution in [0.5, 0.6) is 0 Å². The Labute approximate surface area is 189 Å². The molecule has 0 aliphatic rings. The van der Waals surface area contributed by atoms with Crippen molar-refractivity contribution in [1.29, 1.82) is 0 Å². The van der Waals surface area contributed by atoms with Crippen LogP contribution in [0.4, 0.5) is 8.78 Å². The third-order valence-electron chi connectivity index (χ3n) is 5.05. The normalized spacial score (nSPS) is 11.8. The second-order valence-corrected chi connectivity index (χ2v) is 10.1. The molecule has 4 rings (SSSR count). The first-order valence-corrected chi connectivity index (χ1v) is 12.8. The molecule has 8 heteroatoms. The second-order valence-electron chi connectivity index (χ2n) is 7.18. The Morgan fingerprint density at radius 2 is 1.50 bits per heavy atom. The number of aromatic nitrogens is 2. The number of alkyl halides is 2. The maximum atomic E-state index is 14.1. The quantitative estimate of drug-likeness (QED) is 0.312. The summed E-state index contributed by atoms with van der Waals surface area (Å²) in [5, 5.41) is 4.30. The Hall–Kier alpha value is -2.97. The minimum absolute atomic E-state index is 0.159. The van der Waals surface area contributed by atoms with Gasteiger partial charge in [0.25, 0.3) is 6.43 Å². The van der Waals surface area contributed by atoms with Crippen molar-refractivity contribution in [2.75, 3.05) is 12.5 Å². The monoisotopic (exact) mass is 470 g/mol. The maximum Gasteiger partial charge on any atom is 0.282 e. The number of thioether (sulfide) groups is 1. The highest BCUT2D eigenvalue weighted by atomic mass is 32.2. The van der Waals surface area contributed by atoms with E-state index in [0.717, 1.165) is 11.2 Å². The van der Waals surface area contributed by atoms with Gasteiger partial charge in [-0.25, -0.2) is 21.9 Å². The summed E-state index contributed by atoms with van der Waals surface area (Å²) in [7, 11) is -3.39. The van der Waals surface area contributed by atoms with E-state index in [1.54, 1.807) is 48.2 Å². The molecule has 4 nitrogen and oxygen atoms in total. The molecule has 0 saturated carbocycles. The standard InChI is InChI=1S/C24H20F2N2O2S2/c1-31-19-12-10-18(11-13-19)28-23(17-8-14-20(15-9-17)32(2,29)30)21(22(27-28)24(25)26)16-6-4-3-5-7-16/h3-15,24H,1-2H3. The minimum Gasteiger partial charge on any atom is -0.232 e. The predicted molar refractivity (Wildman–Crippen MR) is 124 cm³/mol. The third-order valence-corrected chi connectivity index (χ3v) is 6.93. The lowest BCUT2D eigenvalue weighted by atomic mass is 9.98. The van der Waals surface area contributed by atoms with Gasteiger partial charge in [0.15, 0.2) is 9.84 Å². The summed E-state index contributed by atoms with van der Waals surface area (Å²) in [5.41, 5.74) is 2.30. The maximum absolute atomic E-state index is 14.1. The average Bonchev–Trinajstić information content (AvgIpc) is 3.20. The van der Waals surface area contributed by atoms with Crippen LogP contribution in [-0.2, 0) is 9.84 Å². The van der Waals surface area contributed by atoms with Crippen LogP contribution >= 0.6 is 11.8 Å². The van der Waals surface area contributed by atoms with Crippen molar-refractivity contribution in [1.82, 2.24) is 9.78 Å². The van der Waals surface area contributed by atoms with E-state index in [4.69, 9.17) is 0 Å². The van der Waals surface area contributed by atoms with Gasteiger partial charge in [0.05, 0.1) is 16.3 Å². The Balaban J connectivity index is 2.01. The van der Waals surface area contributed by atoms with E-state index in [1.807, 2.05) is 36.6 Å². The number of hydrogen-bond donors (Lipinski definition) is 0. The van der Waals surface area contributed by atoms with E-state index in [0.29, 0.717) is 28.1 Å². The highest BCUT2D eigenvalue weighted by Crippen LogP contribution is 2.40. The summed E-state index contributed by atoms with van der Waals surface area (Å²) >= 11 is 1.58. The molecule has 164 valence electrons. The first-order chi connectivity index (χ1) is 15.3. The van der Waals surface area contributed by atoms with Gasteiger partial charge < -0.3 is 0 Å². The summed E-state index contributed by atoms with van der Waals surface area (Å²) in [6.45, 7) is 0. The minimum atomic E-state index is -3.39. The fourth-order valence-corrected chi connectivity index (χ4v) is 4.55. The molecule has 0 fully saturated rings. The van der Waals surface area contributed by atoms with Crippen LogP contribution in [0.15, 0.2) is 88.7 Å². The fourth-order valence-electron chi connectivity index (χ4n) is 3.51.